The molecule has 1 saturated heterocycles. The van der Waals surface area contributed by atoms with Crippen LogP contribution in [0.15, 0.2) is 17.0 Å². The van der Waals surface area contributed by atoms with Crippen LogP contribution in [0.2, 0.25) is 0 Å². The first-order valence-corrected chi connectivity index (χ1v) is 6.38. The number of imidazole rings is 1. The van der Waals surface area contributed by atoms with Crippen LogP contribution < -0.4 is 5.32 Å². The van der Waals surface area contributed by atoms with Crippen LogP contribution in [0.3, 0.4) is 0 Å². The number of aryl methyl sites for hydroxylation is 1. The first kappa shape index (κ1) is 11.4. The summed E-state index contributed by atoms with van der Waals surface area (Å²) >= 11 is 0. The third kappa shape index (κ3) is 2.15. The summed E-state index contributed by atoms with van der Waals surface area (Å²) in [6.45, 7) is 1.02. The van der Waals surface area contributed by atoms with E-state index in [1.54, 1.807) is 12.5 Å². The zero-order valence-electron chi connectivity index (χ0n) is 10.5. The van der Waals surface area contributed by atoms with Gasteiger partial charge in [-0.15, -0.1) is 0 Å². The number of aromatic nitrogens is 4. The molecule has 6 heteroatoms. The van der Waals surface area contributed by atoms with Crippen molar-refractivity contribution in [1.82, 2.24) is 25.0 Å². The van der Waals surface area contributed by atoms with E-state index >= 15 is 0 Å². The minimum Gasteiger partial charge on any atom is -0.337 e. The van der Waals surface area contributed by atoms with Crippen LogP contribution in [0.1, 0.15) is 37.6 Å². The second kappa shape index (κ2) is 4.89. The largest absolute Gasteiger partial charge is 0.337 e. The fourth-order valence-electron chi connectivity index (χ4n) is 2.29. The van der Waals surface area contributed by atoms with Crippen molar-refractivity contribution < 1.29 is 4.52 Å². The minimum atomic E-state index is 0.196. The van der Waals surface area contributed by atoms with Gasteiger partial charge in [-0.1, -0.05) is 18.0 Å². The molecule has 0 aliphatic carbocycles. The summed E-state index contributed by atoms with van der Waals surface area (Å²) in [7, 11) is 1.92. The highest BCUT2D eigenvalue weighted by atomic mass is 16.5. The highest BCUT2D eigenvalue weighted by Crippen LogP contribution is 2.23. The molecule has 0 spiro atoms. The molecule has 0 bridgehead atoms. The average Bonchev–Trinajstić information content (AvgIpc) is 2.91. The minimum absolute atomic E-state index is 0.196. The van der Waals surface area contributed by atoms with Crippen LogP contribution in [0.4, 0.5) is 0 Å². The van der Waals surface area contributed by atoms with Crippen LogP contribution in [-0.4, -0.2) is 26.2 Å². The predicted octanol–water partition coefficient (Wildman–Crippen LogP) is 1.67. The predicted molar refractivity (Wildman–Crippen MR) is 65.7 cm³/mol. The summed E-state index contributed by atoms with van der Waals surface area (Å²) in [5.41, 5.74) is 0.874. The van der Waals surface area contributed by atoms with Crippen molar-refractivity contribution in [2.75, 3.05) is 6.54 Å². The average molecular weight is 247 g/mol. The number of hydrogen-bond donors (Lipinski definition) is 1. The van der Waals surface area contributed by atoms with Crippen LogP contribution in [0.25, 0.3) is 11.5 Å². The van der Waals surface area contributed by atoms with Gasteiger partial charge in [-0.05, 0) is 19.4 Å². The van der Waals surface area contributed by atoms with E-state index in [9.17, 15) is 0 Å². The second-order valence-electron chi connectivity index (χ2n) is 4.70. The Bertz CT molecular complexity index is 510. The van der Waals surface area contributed by atoms with Crippen molar-refractivity contribution in [3.63, 3.8) is 0 Å². The quantitative estimate of drug-likeness (QED) is 0.874. The van der Waals surface area contributed by atoms with Crippen LogP contribution in [0, 0.1) is 0 Å². The van der Waals surface area contributed by atoms with E-state index in [1.807, 2.05) is 11.6 Å². The van der Waals surface area contributed by atoms with E-state index in [2.05, 4.69) is 20.4 Å². The molecule has 2 aromatic rings. The molecule has 96 valence electrons. The zero-order chi connectivity index (χ0) is 12.4. The van der Waals surface area contributed by atoms with Crippen molar-refractivity contribution in [2.45, 2.75) is 31.7 Å². The summed E-state index contributed by atoms with van der Waals surface area (Å²) < 4.78 is 7.26. The lowest BCUT2D eigenvalue weighted by molar-refractivity contribution is 0.327. The second-order valence-corrected chi connectivity index (χ2v) is 4.70. The van der Waals surface area contributed by atoms with Gasteiger partial charge in [0.25, 0.3) is 0 Å². The fraction of sp³-hybridized carbons (Fsp3) is 0.583. The molecule has 2 aromatic heterocycles. The molecule has 0 amide bonds. The van der Waals surface area contributed by atoms with Gasteiger partial charge >= 0.3 is 0 Å². The summed E-state index contributed by atoms with van der Waals surface area (Å²) in [5.74, 6) is 1.30. The molecule has 3 heterocycles. The van der Waals surface area contributed by atoms with E-state index in [0.717, 1.165) is 18.7 Å². The van der Waals surface area contributed by atoms with Gasteiger partial charge in [0.1, 0.15) is 5.69 Å². The van der Waals surface area contributed by atoms with E-state index < -0.39 is 0 Å². The fourth-order valence-corrected chi connectivity index (χ4v) is 2.29. The molecule has 0 radical (unpaired) electrons. The van der Waals surface area contributed by atoms with Crippen LogP contribution in [-0.2, 0) is 7.05 Å². The van der Waals surface area contributed by atoms with Crippen molar-refractivity contribution in [3.8, 4) is 11.5 Å². The van der Waals surface area contributed by atoms with Gasteiger partial charge in [0.2, 0.25) is 11.7 Å². The van der Waals surface area contributed by atoms with Crippen molar-refractivity contribution in [1.29, 1.82) is 0 Å². The molecule has 1 aliphatic heterocycles. The molecular weight excluding hydrogens is 230 g/mol. The Balaban J connectivity index is 1.82. The maximum Gasteiger partial charge on any atom is 0.244 e. The number of rotatable bonds is 2. The molecular formula is C12H17N5O. The smallest absolute Gasteiger partial charge is 0.244 e. The third-order valence-electron chi connectivity index (χ3n) is 3.35. The number of nitrogens with one attached hydrogen (secondary N) is 1. The Morgan fingerprint density at radius 3 is 3.17 bits per heavy atom. The first-order chi connectivity index (χ1) is 8.84. The Kier molecular flexibility index (Phi) is 3.10. The maximum absolute atomic E-state index is 5.37. The van der Waals surface area contributed by atoms with Gasteiger partial charge in [-0.25, -0.2) is 4.98 Å². The van der Waals surface area contributed by atoms with Crippen LogP contribution >= 0.6 is 0 Å². The van der Waals surface area contributed by atoms with E-state index in [1.165, 1.54) is 19.3 Å². The van der Waals surface area contributed by atoms with Gasteiger partial charge in [-0.3, -0.25) is 0 Å². The number of hydrogen-bond acceptors (Lipinski definition) is 5. The molecule has 1 N–H and O–H groups in total. The highest BCUT2D eigenvalue weighted by molar-refractivity contribution is 5.47. The molecule has 18 heavy (non-hydrogen) atoms. The molecule has 0 saturated carbocycles. The molecule has 3 rings (SSSR count). The Labute approximate surface area is 105 Å². The topological polar surface area (TPSA) is 68.8 Å². The SMILES string of the molecule is Cn1cncc1-c1noc(C2CCCCCN2)n1. The Morgan fingerprint density at radius 1 is 1.39 bits per heavy atom. The van der Waals surface area contributed by atoms with E-state index in [-0.39, 0.29) is 6.04 Å². The lowest BCUT2D eigenvalue weighted by Crippen LogP contribution is -2.20. The molecule has 1 aliphatic rings. The standard InChI is InChI=1S/C12H17N5O/c1-17-8-13-7-10(17)11-15-12(18-16-11)9-5-3-2-4-6-14-9/h7-9,14H,2-6H2,1H3. The Morgan fingerprint density at radius 2 is 2.33 bits per heavy atom. The van der Waals surface area contributed by atoms with Gasteiger partial charge < -0.3 is 14.4 Å². The molecule has 1 unspecified atom stereocenters. The zero-order valence-corrected chi connectivity index (χ0v) is 10.5. The maximum atomic E-state index is 5.37. The summed E-state index contributed by atoms with van der Waals surface area (Å²) in [6.07, 6.45) is 8.24. The first-order valence-electron chi connectivity index (χ1n) is 6.38. The van der Waals surface area contributed by atoms with Gasteiger partial charge in [0.15, 0.2) is 0 Å². The van der Waals surface area contributed by atoms with Gasteiger partial charge in [-0.2, -0.15) is 4.98 Å². The summed E-state index contributed by atoms with van der Waals surface area (Å²) in [5, 5.41) is 7.49. The van der Waals surface area contributed by atoms with E-state index in [0.29, 0.717) is 11.7 Å². The van der Waals surface area contributed by atoms with Crippen LogP contribution in [0.5, 0.6) is 0 Å². The van der Waals surface area contributed by atoms with Crippen molar-refractivity contribution in [2.24, 2.45) is 7.05 Å². The molecule has 1 atom stereocenters. The van der Waals surface area contributed by atoms with Gasteiger partial charge in [0, 0.05) is 7.05 Å². The molecule has 0 aromatic carbocycles. The normalized spacial score (nSPS) is 20.8. The Hall–Kier alpha value is -1.69. The van der Waals surface area contributed by atoms with Crippen molar-refractivity contribution >= 4 is 0 Å². The van der Waals surface area contributed by atoms with Crippen molar-refractivity contribution in [3.05, 3.63) is 18.4 Å². The third-order valence-corrected chi connectivity index (χ3v) is 3.35. The highest BCUT2D eigenvalue weighted by Gasteiger charge is 2.21. The molecule has 6 nitrogen and oxygen atoms in total. The number of nitrogens with zero attached hydrogens (tertiary/aromatic N) is 4. The lowest BCUT2D eigenvalue weighted by Gasteiger charge is -2.09. The summed E-state index contributed by atoms with van der Waals surface area (Å²) in [4.78, 5) is 8.54. The summed E-state index contributed by atoms with van der Waals surface area (Å²) in [6, 6.07) is 0.196. The van der Waals surface area contributed by atoms with E-state index in [4.69, 9.17) is 4.52 Å². The monoisotopic (exact) mass is 247 g/mol. The lowest BCUT2D eigenvalue weighted by atomic mass is 10.1. The molecule has 1 fully saturated rings. The van der Waals surface area contributed by atoms with Gasteiger partial charge in [0.05, 0.1) is 18.6 Å².